The lowest BCUT2D eigenvalue weighted by molar-refractivity contribution is -0.145. The van der Waals surface area contributed by atoms with Gasteiger partial charge in [0.2, 0.25) is 53.2 Å². The van der Waals surface area contributed by atoms with Gasteiger partial charge in [0.25, 0.3) is 11.8 Å². The lowest BCUT2D eigenvalue weighted by Gasteiger charge is -2.37. The van der Waals surface area contributed by atoms with Crippen molar-refractivity contribution < 1.29 is 112 Å². The Morgan fingerprint density at radius 2 is 0.821 bits per heavy atom. The van der Waals surface area contributed by atoms with Gasteiger partial charge >= 0.3 is 13.1 Å². The number of ketones is 4. The van der Waals surface area contributed by atoms with Crippen LogP contribution in [0.25, 0.3) is 22.3 Å². The summed E-state index contributed by atoms with van der Waals surface area (Å²) < 4.78 is 12.2. The number of likely N-dealkylation sites (tertiary alicyclic amines) is 2. The second kappa shape index (κ2) is 55.7. The molecule has 11 amide bonds. The number of primary amides is 1. The number of aliphatic carboxylic acids is 1. The number of benzene rings is 7. The average Bonchev–Trinajstić information content (AvgIpc) is 1.04. The maximum atomic E-state index is 14.4. The highest BCUT2D eigenvalue weighted by Crippen LogP contribution is 2.38. The van der Waals surface area contributed by atoms with E-state index in [4.69, 9.17) is 25.3 Å². The van der Waals surface area contributed by atoms with Crippen molar-refractivity contribution in [2.45, 2.75) is 277 Å². The van der Waals surface area contributed by atoms with Gasteiger partial charge in [-0.25, -0.2) is 4.79 Å². The molecule has 2 fully saturated rings. The molecular weight excluding hydrogens is 1850 g/mol. The molecule has 15 N–H and O–H groups in total. The molecule has 0 aromatic heterocycles. The molecule has 2 aliphatic rings. The van der Waals surface area contributed by atoms with E-state index in [1.54, 1.807) is 71.0 Å². The molecule has 2 saturated heterocycles. The number of carboxylic acids is 1. The van der Waals surface area contributed by atoms with Gasteiger partial charge in [-0.05, 0) is 181 Å². The highest BCUT2D eigenvalue weighted by Gasteiger charge is 2.45. The van der Waals surface area contributed by atoms with E-state index < -0.39 is 241 Å². The van der Waals surface area contributed by atoms with Crippen LogP contribution in [0.3, 0.4) is 0 Å². The fourth-order valence-corrected chi connectivity index (χ4v) is 17.5. The van der Waals surface area contributed by atoms with Crippen LogP contribution in [0.15, 0.2) is 188 Å². The van der Waals surface area contributed by atoms with E-state index in [1.165, 1.54) is 48.6 Å². The van der Waals surface area contributed by atoms with E-state index in [-0.39, 0.29) is 50.9 Å². The Morgan fingerprint density at radius 1 is 0.441 bits per heavy atom. The fraction of sp³-hybridized carbons (Fsp3) is 0.473. The van der Waals surface area contributed by atoms with Crippen molar-refractivity contribution in [1.82, 2.24) is 52.3 Å². The topological polar surface area (TPSA) is 521 Å². The predicted molar refractivity (Wildman–Crippen MR) is 547 cm³/mol. The number of nitrogens with two attached hydrogens (primary N) is 1. The van der Waals surface area contributed by atoms with Crippen LogP contribution in [0.4, 0.5) is 0 Å². The van der Waals surface area contributed by atoms with Crippen molar-refractivity contribution in [2.24, 2.45) is 29.4 Å². The Kier molecular flexibility index (Phi) is 44.9. The zero-order chi connectivity index (χ0) is 107. The van der Waals surface area contributed by atoms with Crippen molar-refractivity contribution in [3.8, 4) is 22.3 Å². The van der Waals surface area contributed by atoms with Gasteiger partial charge in [-0.1, -0.05) is 218 Å². The lowest BCUT2D eigenvalue weighted by Crippen LogP contribution is -2.56. The number of hydrogen-bond acceptors (Lipinski definition) is 22. The van der Waals surface area contributed by atoms with Gasteiger partial charge in [-0.15, -0.1) is 0 Å². The number of aliphatic hydroxyl groups excluding tert-OH is 2. The Balaban J connectivity index is 0.000000373. The number of aliphatic hydroxyl groups is 2. The van der Waals surface area contributed by atoms with Crippen molar-refractivity contribution in [2.75, 3.05) is 32.7 Å². The Morgan fingerprint density at radius 3 is 1.19 bits per heavy atom. The van der Waals surface area contributed by atoms with Crippen molar-refractivity contribution in [3.05, 3.63) is 227 Å². The van der Waals surface area contributed by atoms with Gasteiger partial charge in [0, 0.05) is 73.6 Å². The van der Waals surface area contributed by atoms with Crippen LogP contribution in [-0.2, 0) is 95.0 Å². The second-order valence-corrected chi connectivity index (χ2v) is 39.7. The lowest BCUT2D eigenvalue weighted by atomic mass is 9.77. The molecule has 0 radical (unpaired) electrons. The number of aryl methyl sites for hydroxylation is 2. The molecule has 2 unspecified atom stereocenters. The zero-order valence-electron chi connectivity index (χ0n) is 85.5. The number of ether oxygens (including phenoxy) is 2. The minimum Gasteiger partial charge on any atom is -0.480 e. The third-order valence-electron chi connectivity index (χ3n) is 25.4. The van der Waals surface area contributed by atoms with Gasteiger partial charge in [-0.3, -0.25) is 71.9 Å². The summed E-state index contributed by atoms with van der Waals surface area (Å²) in [4.78, 5) is 218. The van der Waals surface area contributed by atoms with Crippen LogP contribution < -0.4 is 48.3 Å². The third kappa shape index (κ3) is 35.3. The first kappa shape index (κ1) is 117. The summed E-state index contributed by atoms with van der Waals surface area (Å²) in [5, 5.41) is 69.6. The minimum atomic E-state index is -1.90. The van der Waals surface area contributed by atoms with Gasteiger partial charge < -0.3 is 92.9 Å². The van der Waals surface area contributed by atoms with Crippen LogP contribution >= 0.6 is 0 Å². The maximum Gasteiger partial charge on any atom is 0.472 e. The number of nitrogens with zero attached hydrogens (tertiary/aromatic N) is 2. The number of amides is 11. The Labute approximate surface area is 849 Å². The largest absolute Gasteiger partial charge is 0.480 e. The van der Waals surface area contributed by atoms with Gasteiger partial charge in [-0.2, -0.15) is 0 Å². The number of rotatable bonds is 52. The minimum absolute atomic E-state index is 0.145. The molecule has 9 rings (SSSR count). The van der Waals surface area contributed by atoms with E-state index >= 15 is 0 Å². The first-order valence-electron chi connectivity index (χ1n) is 49.8. The number of Topliss-reactive ketones (excluding diaryl/α,β-unsaturated/α-hetero) is 4. The summed E-state index contributed by atoms with van der Waals surface area (Å²) in [5.41, 5.74) is 11.6. The fourth-order valence-electron chi connectivity index (χ4n) is 17.5. The molecule has 0 spiro atoms. The first-order chi connectivity index (χ1) is 68.6. The maximum absolute atomic E-state index is 14.4. The summed E-state index contributed by atoms with van der Waals surface area (Å²) in [7, 11) is -1.90. The van der Waals surface area contributed by atoms with Crippen molar-refractivity contribution in [1.29, 1.82) is 0 Å². The molecule has 14 atom stereocenters. The molecule has 0 bridgehead atoms. The van der Waals surface area contributed by atoms with E-state index in [9.17, 15) is 92.0 Å². The van der Waals surface area contributed by atoms with Crippen LogP contribution in [0.1, 0.15) is 235 Å². The molecule has 0 aliphatic carbocycles. The van der Waals surface area contributed by atoms with Gasteiger partial charge in [0.05, 0.1) is 55.9 Å². The molecule has 7 aromatic rings. The summed E-state index contributed by atoms with van der Waals surface area (Å²) in [6.07, 6.45) is 2.01. The molecular formula is C110H144BN11O23. The predicted octanol–water partition coefficient (Wildman–Crippen LogP) is 8.87. The highest BCUT2D eigenvalue weighted by atomic mass is 16.5. The number of nitrogens with one attached hydrogen (secondary N) is 8. The molecule has 780 valence electrons. The van der Waals surface area contributed by atoms with Crippen LogP contribution in [0.5, 0.6) is 0 Å². The summed E-state index contributed by atoms with van der Waals surface area (Å²) in [6, 6.07) is 47.9. The summed E-state index contributed by atoms with van der Waals surface area (Å²) in [5.74, 6) is -15.6. The van der Waals surface area contributed by atoms with Crippen LogP contribution in [-0.4, -0.2) is 241 Å². The quantitative estimate of drug-likeness (QED) is 0.0125. The summed E-state index contributed by atoms with van der Waals surface area (Å²) >= 11 is 0. The summed E-state index contributed by atoms with van der Waals surface area (Å²) in [6.45, 7) is 23.4. The SMILES string of the molecule is CCCCc1ccc(-c2ccc(C(=O)N[C@H](CO)C(=O)C[C@H](C)C(=O)N3CCC[C@H]3C(=O)N[C@H](C(=O)C[C@@H](C)C(=O)N[C@@H](CC(N)=O)C(=O)NCB(O)O)C(C)O)cc2)cc1.CCCCc1ccc(-c2ccc(C(=O)N[C@H](COC(C)(C)C)C(=O)C[C@H](C)C(=O)N3CCC[C@H]3C(=O)N[C@H](C(=O)C[C@@H](C)C(=O)N[C@@H](CC(=O)NC(c3ccccc3)(c3ccccc3)c3ccccc3)C(=O)O)C(C)OC(C)(C)C)cc2)cc1. The zero-order valence-corrected chi connectivity index (χ0v) is 85.5. The normalized spacial score (nSPS) is 16.1. The monoisotopic (exact) mass is 2000 g/mol. The highest BCUT2D eigenvalue weighted by molar-refractivity contribution is 6.41. The molecule has 35 heteroatoms. The number of carboxylic acid groups (broad SMARTS) is 1. The van der Waals surface area contributed by atoms with Crippen molar-refractivity contribution in [3.63, 3.8) is 0 Å². The third-order valence-corrected chi connectivity index (χ3v) is 25.4. The first-order valence-corrected chi connectivity index (χ1v) is 49.8. The van der Waals surface area contributed by atoms with E-state index in [2.05, 4.69) is 92.8 Å². The number of unbranched alkanes of at least 4 members (excludes halogenated alkanes) is 2. The number of carbonyl (C=O) groups is 16. The number of carbonyl (C=O) groups excluding carboxylic acids is 15. The van der Waals surface area contributed by atoms with E-state index in [1.807, 2.05) is 136 Å². The molecule has 2 heterocycles. The number of hydrogen-bond donors (Lipinski definition) is 14. The van der Waals surface area contributed by atoms with Crippen LogP contribution in [0, 0.1) is 23.7 Å². The Bertz CT molecular complexity index is 5450. The smallest absolute Gasteiger partial charge is 0.472 e. The molecule has 7 aromatic carbocycles. The van der Waals surface area contributed by atoms with Crippen LogP contribution in [0.2, 0.25) is 0 Å². The van der Waals surface area contributed by atoms with Crippen molar-refractivity contribution >= 4 is 101 Å². The van der Waals surface area contributed by atoms with Gasteiger partial charge in [0.15, 0.2) is 23.1 Å². The molecule has 145 heavy (non-hydrogen) atoms. The second-order valence-electron chi connectivity index (χ2n) is 39.7. The average molecular weight is 2000 g/mol. The van der Waals surface area contributed by atoms with Gasteiger partial charge in [0.1, 0.15) is 53.9 Å². The molecule has 2 aliphatic heterocycles. The standard InChI is InChI=1S/C68H85N5O11.C42H59BN6O12/c1-11-12-23-47-31-33-48(34-32-47)49-35-37-50(38-36-49)62(78)70-55(43-83-66(5,6)7)57(74)41-45(3)64(80)73-39-22-30-56(73)63(79)71-60(46(4)84-67(8,9)10)58(75)40-44(2)61(77)69-54(65(81)82)42-59(76)72-68(51-24-16-13-17-25-51,52-26-18-14-19-27-52)53-28-20-15-21-29-53;1-5-6-8-27-10-12-28(13-11-27)29-14-16-30(17-15-29)39(56)47-32(22-50)34(52)20-25(3)42(59)49-18-7-9-33(49)41(58)48-37(26(4)51)35(53)19-24(2)38(55)46-31(21-36(44)54)40(57)45-23-43(60)61/h13-21,24-29,31-38,44-46,54-56,60H,11-12,22-23,30,39-43H2,1-10H3,(H,69,77)(H,70,78)(H,71,79)(H,72,76)(H,81,82);10-17,24-26,31-33,37,50-51,60-61H,5-9,18-23H2,1-4H3,(H2,44,54)(H,45,57)(H,46,55)(H,47,56)(H,48,58)/t44-,45+,46?,54+,55-,56+,60+;24-,25+,26?,31+,32-,33+,37+/m11/s1. The van der Waals surface area contributed by atoms with E-state index in [0.717, 1.165) is 60.8 Å². The molecule has 0 saturated carbocycles. The Hall–Kier alpha value is -13.3. The molecule has 34 nitrogen and oxygen atoms in total. The van der Waals surface area contributed by atoms with E-state index in [0.29, 0.717) is 35.1 Å².